The number of halogens is 2. The molecule has 0 saturated carbocycles. The van der Waals surface area contributed by atoms with Crippen molar-refractivity contribution >= 4 is 33.2 Å². The van der Waals surface area contributed by atoms with Gasteiger partial charge in [0.1, 0.15) is 5.75 Å². The van der Waals surface area contributed by atoms with Gasteiger partial charge in [0.2, 0.25) is 0 Å². The fourth-order valence-corrected chi connectivity index (χ4v) is 1.60. The monoisotopic (exact) mass is 263 g/mol. The minimum atomic E-state index is 0.601. The number of ether oxygens (including phenoxy) is 1. The van der Waals surface area contributed by atoms with Gasteiger partial charge in [0.15, 0.2) is 0 Å². The minimum Gasteiger partial charge on any atom is -0.496 e. The van der Waals surface area contributed by atoms with Crippen LogP contribution in [0.1, 0.15) is 0 Å². The van der Waals surface area contributed by atoms with E-state index in [9.17, 15) is 0 Å². The van der Waals surface area contributed by atoms with E-state index in [-0.39, 0.29) is 0 Å². The Morgan fingerprint density at radius 2 is 2.31 bits per heavy atom. The first-order chi connectivity index (χ1) is 6.27. The fourth-order valence-electron chi connectivity index (χ4n) is 0.968. The zero-order valence-electron chi connectivity index (χ0n) is 7.31. The number of hydrogen-bond donors (Lipinski definition) is 1. The van der Waals surface area contributed by atoms with Crippen molar-refractivity contribution in [2.45, 2.75) is 0 Å². The quantitative estimate of drug-likeness (QED) is 0.844. The van der Waals surface area contributed by atoms with Crippen molar-refractivity contribution in [2.24, 2.45) is 0 Å². The molecule has 0 aliphatic carbocycles. The van der Waals surface area contributed by atoms with Crippen molar-refractivity contribution in [2.75, 3.05) is 24.9 Å². The second kappa shape index (κ2) is 5.35. The van der Waals surface area contributed by atoms with Gasteiger partial charge < -0.3 is 10.1 Å². The Balaban J connectivity index is 2.71. The average molecular weight is 265 g/mol. The molecule has 2 nitrogen and oxygen atoms in total. The topological polar surface area (TPSA) is 21.3 Å². The van der Waals surface area contributed by atoms with Crippen molar-refractivity contribution in [1.82, 2.24) is 0 Å². The van der Waals surface area contributed by atoms with Crippen LogP contribution in [0, 0.1) is 0 Å². The molecule has 0 aliphatic rings. The summed E-state index contributed by atoms with van der Waals surface area (Å²) in [6.45, 7) is 0.764. The second-order valence-corrected chi connectivity index (χ2v) is 3.70. The number of methoxy groups -OCH3 is 1. The Morgan fingerprint density at radius 3 is 2.85 bits per heavy atom. The summed E-state index contributed by atoms with van der Waals surface area (Å²) >= 11 is 8.95. The highest BCUT2D eigenvalue weighted by Gasteiger charge is 1.99. The van der Waals surface area contributed by atoms with Crippen LogP contribution < -0.4 is 10.1 Å². The van der Waals surface area contributed by atoms with Gasteiger partial charge in [-0.25, -0.2) is 0 Å². The second-order valence-electron chi connectivity index (χ2n) is 2.47. The summed E-state index contributed by atoms with van der Waals surface area (Å²) in [5.41, 5.74) is 1.04. The number of anilines is 1. The number of hydrogen-bond acceptors (Lipinski definition) is 2. The maximum absolute atomic E-state index is 5.55. The molecule has 0 saturated heterocycles. The molecule has 1 aromatic carbocycles. The molecular formula is C9H11BrClNO. The van der Waals surface area contributed by atoms with Crippen LogP contribution in [0.25, 0.3) is 0 Å². The molecule has 72 valence electrons. The molecule has 1 aromatic rings. The van der Waals surface area contributed by atoms with Crippen LogP contribution in [-0.2, 0) is 0 Å². The first-order valence-corrected chi connectivity index (χ1v) is 5.24. The van der Waals surface area contributed by atoms with Crippen molar-refractivity contribution in [3.05, 3.63) is 22.7 Å². The van der Waals surface area contributed by atoms with Gasteiger partial charge in [0, 0.05) is 18.1 Å². The third kappa shape index (κ3) is 3.08. The molecule has 4 heteroatoms. The van der Waals surface area contributed by atoms with Crippen LogP contribution in [0.5, 0.6) is 5.75 Å². The molecule has 0 heterocycles. The highest BCUT2D eigenvalue weighted by Crippen LogP contribution is 2.27. The zero-order chi connectivity index (χ0) is 9.68. The summed E-state index contributed by atoms with van der Waals surface area (Å²) in [6, 6.07) is 5.82. The number of benzene rings is 1. The summed E-state index contributed by atoms with van der Waals surface area (Å²) in [5.74, 6) is 1.43. The van der Waals surface area contributed by atoms with E-state index in [0.29, 0.717) is 5.88 Å². The van der Waals surface area contributed by atoms with Gasteiger partial charge in [0.05, 0.1) is 11.6 Å². The van der Waals surface area contributed by atoms with Crippen LogP contribution in [0.15, 0.2) is 22.7 Å². The SMILES string of the molecule is COc1ccc(NCCCl)cc1Br. The lowest BCUT2D eigenvalue weighted by Gasteiger charge is -2.07. The Kier molecular flexibility index (Phi) is 4.39. The average Bonchev–Trinajstić information content (AvgIpc) is 2.15. The molecule has 1 N–H and O–H groups in total. The maximum Gasteiger partial charge on any atom is 0.133 e. The predicted octanol–water partition coefficient (Wildman–Crippen LogP) is 3.11. The van der Waals surface area contributed by atoms with Gasteiger partial charge in [-0.1, -0.05) is 0 Å². The van der Waals surface area contributed by atoms with E-state index in [0.717, 1.165) is 22.5 Å². The highest BCUT2D eigenvalue weighted by molar-refractivity contribution is 9.10. The lowest BCUT2D eigenvalue weighted by Crippen LogP contribution is -2.02. The Labute approximate surface area is 91.4 Å². The molecule has 0 bridgehead atoms. The molecule has 0 radical (unpaired) electrons. The van der Waals surface area contributed by atoms with Gasteiger partial charge in [0.25, 0.3) is 0 Å². The standard InChI is InChI=1S/C9H11BrClNO/c1-13-9-3-2-7(6-8(9)10)12-5-4-11/h2-3,6,12H,4-5H2,1H3. The Morgan fingerprint density at radius 1 is 1.54 bits per heavy atom. The van der Waals surface area contributed by atoms with Gasteiger partial charge in [-0.05, 0) is 34.1 Å². The molecule has 1 rings (SSSR count). The van der Waals surface area contributed by atoms with Crippen molar-refractivity contribution in [3.63, 3.8) is 0 Å². The van der Waals surface area contributed by atoms with E-state index >= 15 is 0 Å². The van der Waals surface area contributed by atoms with E-state index in [1.165, 1.54) is 0 Å². The maximum atomic E-state index is 5.55. The first-order valence-electron chi connectivity index (χ1n) is 3.91. The van der Waals surface area contributed by atoms with Gasteiger partial charge in [-0.15, -0.1) is 11.6 Å². The molecule has 0 fully saturated rings. The third-order valence-electron chi connectivity index (χ3n) is 1.58. The highest BCUT2D eigenvalue weighted by atomic mass is 79.9. The number of alkyl halides is 1. The summed E-state index contributed by atoms with van der Waals surface area (Å²) in [7, 11) is 1.64. The van der Waals surface area contributed by atoms with Crippen LogP contribution in [0.3, 0.4) is 0 Å². The summed E-state index contributed by atoms with van der Waals surface area (Å²) in [4.78, 5) is 0. The molecule has 0 aliphatic heterocycles. The lowest BCUT2D eigenvalue weighted by molar-refractivity contribution is 0.412. The molecule has 0 amide bonds. The zero-order valence-corrected chi connectivity index (χ0v) is 9.65. The normalized spacial score (nSPS) is 9.77. The molecule has 13 heavy (non-hydrogen) atoms. The molecule has 0 unspecified atom stereocenters. The molecule has 0 aromatic heterocycles. The van der Waals surface area contributed by atoms with Gasteiger partial charge in [-0.3, -0.25) is 0 Å². The molecule has 0 atom stereocenters. The van der Waals surface area contributed by atoms with Crippen LogP contribution >= 0.6 is 27.5 Å². The van der Waals surface area contributed by atoms with Crippen LogP contribution in [0.4, 0.5) is 5.69 Å². The molecular weight excluding hydrogens is 253 g/mol. The predicted molar refractivity (Wildman–Crippen MR) is 59.9 cm³/mol. The van der Waals surface area contributed by atoms with E-state index in [2.05, 4.69) is 21.2 Å². The van der Waals surface area contributed by atoms with Crippen molar-refractivity contribution in [3.8, 4) is 5.75 Å². The van der Waals surface area contributed by atoms with Crippen molar-refractivity contribution in [1.29, 1.82) is 0 Å². The number of rotatable bonds is 4. The van der Waals surface area contributed by atoms with Crippen LogP contribution in [0.2, 0.25) is 0 Å². The summed E-state index contributed by atoms with van der Waals surface area (Å²) < 4.78 is 6.04. The van der Waals surface area contributed by atoms with E-state index in [4.69, 9.17) is 16.3 Å². The lowest BCUT2D eigenvalue weighted by atomic mass is 10.3. The van der Waals surface area contributed by atoms with Crippen molar-refractivity contribution < 1.29 is 4.74 Å². The largest absolute Gasteiger partial charge is 0.496 e. The number of nitrogens with one attached hydrogen (secondary N) is 1. The van der Waals surface area contributed by atoms with E-state index in [1.54, 1.807) is 7.11 Å². The van der Waals surface area contributed by atoms with Gasteiger partial charge >= 0.3 is 0 Å². The minimum absolute atomic E-state index is 0.601. The first kappa shape index (κ1) is 10.7. The van der Waals surface area contributed by atoms with Crippen LogP contribution in [-0.4, -0.2) is 19.5 Å². The van der Waals surface area contributed by atoms with Gasteiger partial charge in [-0.2, -0.15) is 0 Å². The fraction of sp³-hybridized carbons (Fsp3) is 0.333. The Hall–Kier alpha value is -0.410. The molecule has 0 spiro atoms. The van der Waals surface area contributed by atoms with E-state index in [1.807, 2.05) is 18.2 Å². The summed E-state index contributed by atoms with van der Waals surface area (Å²) in [6.07, 6.45) is 0. The van der Waals surface area contributed by atoms with E-state index < -0.39 is 0 Å². The summed E-state index contributed by atoms with van der Waals surface area (Å²) in [5, 5.41) is 3.17. The third-order valence-corrected chi connectivity index (χ3v) is 2.38. The smallest absolute Gasteiger partial charge is 0.133 e. The Bertz CT molecular complexity index is 280.